The largest absolute Gasteiger partial charge is 0.481 e. The van der Waals surface area contributed by atoms with Crippen LogP contribution in [-0.4, -0.2) is 73.8 Å². The Hall–Kier alpha value is -5.11. The summed E-state index contributed by atoms with van der Waals surface area (Å²) in [6, 6.07) is 14.0. The number of aryl methyl sites for hydroxylation is 1. The monoisotopic (exact) mass is 764 g/mol. The Labute approximate surface area is 321 Å². The third-order valence-corrected chi connectivity index (χ3v) is 9.45. The number of hydrogen-bond donors (Lipinski definition) is 5. The van der Waals surface area contributed by atoms with Gasteiger partial charge < -0.3 is 27.2 Å². The molecule has 15 heteroatoms. The fourth-order valence-corrected chi connectivity index (χ4v) is 6.36. The van der Waals surface area contributed by atoms with Crippen LogP contribution in [0.5, 0.6) is 0 Å². The molecule has 7 N–H and O–H groups in total. The van der Waals surface area contributed by atoms with E-state index in [4.69, 9.17) is 23.1 Å². The van der Waals surface area contributed by atoms with Crippen LogP contribution in [0.2, 0.25) is 5.02 Å². The third kappa shape index (κ3) is 13.4. The fourth-order valence-electron chi connectivity index (χ4n) is 6.18. The van der Waals surface area contributed by atoms with Crippen LogP contribution in [-0.2, 0) is 25.6 Å². The number of nitrogens with zero attached hydrogens (tertiary/aromatic N) is 4. The minimum Gasteiger partial charge on any atom is -0.481 e. The average Bonchev–Trinajstić information content (AvgIpc) is 3.52. The van der Waals surface area contributed by atoms with Gasteiger partial charge in [0.05, 0.1) is 23.7 Å². The fraction of sp³-hybridized carbons (Fsp3) is 0.487. The van der Waals surface area contributed by atoms with Gasteiger partial charge in [-0.05, 0) is 68.2 Å². The molecule has 292 valence electrons. The molecule has 5 atom stereocenters. The second-order valence-corrected chi connectivity index (χ2v) is 14.5. The summed E-state index contributed by atoms with van der Waals surface area (Å²) in [5, 5.41) is 20.4. The van der Waals surface area contributed by atoms with Crippen LogP contribution >= 0.6 is 11.6 Å². The van der Waals surface area contributed by atoms with Gasteiger partial charge in [-0.15, -0.1) is 5.10 Å². The van der Waals surface area contributed by atoms with Gasteiger partial charge in [-0.1, -0.05) is 82.1 Å². The Morgan fingerprint density at radius 1 is 0.944 bits per heavy atom. The van der Waals surface area contributed by atoms with Gasteiger partial charge in [-0.25, -0.2) is 9.67 Å². The Morgan fingerprint density at radius 2 is 1.63 bits per heavy atom. The van der Waals surface area contributed by atoms with E-state index in [0.717, 1.165) is 5.56 Å². The number of nitrogens with two attached hydrogens (primary N) is 2. The van der Waals surface area contributed by atoms with Crippen molar-refractivity contribution in [3.63, 3.8) is 0 Å². The summed E-state index contributed by atoms with van der Waals surface area (Å²) in [5.74, 6) is -5.02. The summed E-state index contributed by atoms with van der Waals surface area (Å²) in [6.45, 7) is 9.43. The molecular formula is C39H53ClN8O6. The Balaban J connectivity index is 1.82. The van der Waals surface area contributed by atoms with Crippen molar-refractivity contribution in [2.45, 2.75) is 91.6 Å². The summed E-state index contributed by atoms with van der Waals surface area (Å²) in [7, 11) is 0. The number of carboxylic acids is 1. The number of amides is 2. The highest BCUT2D eigenvalue weighted by Gasteiger charge is 2.34. The van der Waals surface area contributed by atoms with Gasteiger partial charge >= 0.3 is 5.97 Å². The topological polar surface area (TPSA) is 225 Å². The molecule has 3 aromatic rings. The SMILES string of the molecule is CC[C@H](C)[C@H](NC(=O)[C@@H](CC(=O)[C@H](CCCN=C(N)N)NC(=O)c1nc(C)n(-c2cccc(Cl)c2)n1)CC(C)C)C(=O)C[C@@H](Cc1ccccc1)C(=O)O. The number of aliphatic imine (C=N–C) groups is 1. The first-order chi connectivity index (χ1) is 25.6. The number of rotatable bonds is 22. The van der Waals surface area contributed by atoms with Gasteiger partial charge in [-0.3, -0.25) is 29.0 Å². The summed E-state index contributed by atoms with van der Waals surface area (Å²) >= 11 is 6.15. The van der Waals surface area contributed by atoms with E-state index in [1.54, 1.807) is 31.2 Å². The van der Waals surface area contributed by atoms with E-state index < -0.39 is 47.5 Å². The van der Waals surface area contributed by atoms with Crippen LogP contribution in [0.4, 0.5) is 0 Å². The van der Waals surface area contributed by atoms with Crippen molar-refractivity contribution in [2.24, 2.45) is 40.1 Å². The summed E-state index contributed by atoms with van der Waals surface area (Å²) in [6.07, 6.45) is 1.05. The van der Waals surface area contributed by atoms with Gasteiger partial charge in [0.25, 0.3) is 5.91 Å². The lowest BCUT2D eigenvalue weighted by Gasteiger charge is -2.28. The quantitative estimate of drug-likeness (QED) is 0.0549. The molecule has 0 unspecified atom stereocenters. The maximum atomic E-state index is 14.0. The second-order valence-electron chi connectivity index (χ2n) is 14.1. The molecule has 0 fully saturated rings. The molecule has 0 aliphatic carbocycles. The van der Waals surface area contributed by atoms with Gasteiger partial charge in [-0.2, -0.15) is 0 Å². The molecule has 0 bridgehead atoms. The predicted octanol–water partition coefficient (Wildman–Crippen LogP) is 4.44. The third-order valence-electron chi connectivity index (χ3n) is 9.22. The van der Waals surface area contributed by atoms with Crippen molar-refractivity contribution < 1.29 is 29.1 Å². The highest BCUT2D eigenvalue weighted by molar-refractivity contribution is 6.30. The number of carboxylic acid groups (broad SMARTS) is 1. The number of carbonyl (C=O) groups is 5. The molecule has 1 heterocycles. The Kier molecular flexibility index (Phi) is 16.8. The summed E-state index contributed by atoms with van der Waals surface area (Å²) in [4.78, 5) is 75.6. The van der Waals surface area contributed by atoms with Crippen molar-refractivity contribution in [3.05, 3.63) is 76.8 Å². The van der Waals surface area contributed by atoms with Crippen molar-refractivity contribution in [3.8, 4) is 5.69 Å². The van der Waals surface area contributed by atoms with Crippen LogP contribution in [0.15, 0.2) is 59.6 Å². The maximum Gasteiger partial charge on any atom is 0.307 e. The van der Waals surface area contributed by atoms with Gasteiger partial charge in [0, 0.05) is 30.3 Å². The zero-order valence-corrected chi connectivity index (χ0v) is 32.4. The number of hydrogen-bond acceptors (Lipinski definition) is 8. The first kappa shape index (κ1) is 43.3. The van der Waals surface area contributed by atoms with Crippen molar-refractivity contribution in [1.29, 1.82) is 0 Å². The molecule has 0 aliphatic rings. The average molecular weight is 765 g/mol. The van der Waals surface area contributed by atoms with Crippen LogP contribution < -0.4 is 22.1 Å². The van der Waals surface area contributed by atoms with E-state index >= 15 is 0 Å². The predicted molar refractivity (Wildman–Crippen MR) is 207 cm³/mol. The highest BCUT2D eigenvalue weighted by atomic mass is 35.5. The molecule has 0 saturated carbocycles. The minimum absolute atomic E-state index is 0.00565. The first-order valence-corrected chi connectivity index (χ1v) is 18.7. The number of Topliss-reactive ketones (excluding diaryl/α,β-unsaturated/α-hetero) is 2. The molecule has 0 aliphatic heterocycles. The van der Waals surface area contributed by atoms with E-state index in [9.17, 15) is 29.1 Å². The van der Waals surface area contributed by atoms with Crippen LogP contribution in [0, 0.1) is 30.6 Å². The minimum atomic E-state index is -1.10. The maximum absolute atomic E-state index is 14.0. The molecule has 14 nitrogen and oxygen atoms in total. The van der Waals surface area contributed by atoms with Crippen molar-refractivity contribution in [1.82, 2.24) is 25.4 Å². The van der Waals surface area contributed by atoms with Gasteiger partial charge in [0.2, 0.25) is 11.7 Å². The lowest BCUT2D eigenvalue weighted by molar-refractivity contribution is -0.144. The van der Waals surface area contributed by atoms with Crippen molar-refractivity contribution in [2.75, 3.05) is 6.54 Å². The lowest BCUT2D eigenvalue weighted by Crippen LogP contribution is -2.49. The highest BCUT2D eigenvalue weighted by Crippen LogP contribution is 2.23. The molecule has 1 aromatic heterocycles. The first-order valence-electron chi connectivity index (χ1n) is 18.3. The molecule has 3 rings (SSSR count). The number of aliphatic carboxylic acids is 1. The van der Waals surface area contributed by atoms with E-state index in [0.29, 0.717) is 35.8 Å². The molecule has 2 amide bonds. The van der Waals surface area contributed by atoms with E-state index in [1.807, 2.05) is 58.0 Å². The molecular weight excluding hydrogens is 712 g/mol. The Bertz CT molecular complexity index is 1780. The molecule has 0 spiro atoms. The molecule has 54 heavy (non-hydrogen) atoms. The second kappa shape index (κ2) is 21.0. The van der Waals surface area contributed by atoms with E-state index in [2.05, 4.69) is 25.7 Å². The Morgan fingerprint density at radius 3 is 2.24 bits per heavy atom. The summed E-state index contributed by atoms with van der Waals surface area (Å²) < 4.78 is 1.47. The normalized spacial score (nSPS) is 14.0. The number of benzene rings is 2. The van der Waals surface area contributed by atoms with Gasteiger partial charge in [0.15, 0.2) is 17.5 Å². The number of halogens is 1. The number of nitrogens with one attached hydrogen (secondary N) is 2. The van der Waals surface area contributed by atoms with E-state index in [-0.39, 0.29) is 61.6 Å². The number of guanidine groups is 1. The number of ketones is 2. The molecule has 0 saturated heterocycles. The van der Waals surface area contributed by atoms with Gasteiger partial charge in [0.1, 0.15) is 5.82 Å². The number of aromatic nitrogens is 3. The zero-order chi connectivity index (χ0) is 39.9. The smallest absolute Gasteiger partial charge is 0.307 e. The number of carbonyl (C=O) groups excluding carboxylic acids is 4. The van der Waals surface area contributed by atoms with Crippen LogP contribution in [0.25, 0.3) is 5.69 Å². The van der Waals surface area contributed by atoms with E-state index in [1.165, 1.54) is 4.68 Å². The van der Waals surface area contributed by atoms with Crippen molar-refractivity contribution >= 4 is 46.9 Å². The molecule has 0 radical (unpaired) electrons. The zero-order valence-electron chi connectivity index (χ0n) is 31.6. The van der Waals surface area contributed by atoms with Crippen LogP contribution in [0.3, 0.4) is 0 Å². The van der Waals surface area contributed by atoms with Crippen LogP contribution in [0.1, 0.15) is 88.2 Å². The lowest BCUT2D eigenvalue weighted by atomic mass is 9.85. The summed E-state index contributed by atoms with van der Waals surface area (Å²) in [5.41, 5.74) is 12.3. The standard InChI is InChI=1S/C39H53ClN8O6/c1-6-24(4)34(33(50)21-28(38(53)54)19-26-12-8-7-9-13-26)46-36(51)27(18-23(2)3)20-32(49)31(16-11-17-43-39(41)42)45-37(52)35-44-25(5)48(47-35)30-15-10-14-29(40)22-30/h7-10,12-15,22-24,27-28,31,34H,6,11,16-21H2,1-5H3,(H,45,52)(H,46,51)(H,53,54)(H4,41,42,43)/t24-,27+,28+,31-,34-/m0/s1. The molecule has 2 aromatic carbocycles.